The number of hydrogen-bond acceptors (Lipinski definition) is 4. The smallest absolute Gasteiger partial charge is 0.323 e. The molecule has 0 aliphatic heterocycles. The van der Waals surface area contributed by atoms with Crippen molar-refractivity contribution in [3.8, 4) is 5.75 Å². The van der Waals surface area contributed by atoms with E-state index in [4.69, 9.17) is 9.47 Å². The summed E-state index contributed by atoms with van der Waals surface area (Å²) in [4.78, 5) is 11.9. The molecule has 0 fully saturated rings. The van der Waals surface area contributed by atoms with Gasteiger partial charge < -0.3 is 14.8 Å². The van der Waals surface area contributed by atoms with E-state index in [-0.39, 0.29) is 24.2 Å². The fourth-order valence-corrected chi connectivity index (χ4v) is 1.83. The molecule has 0 aliphatic rings. The van der Waals surface area contributed by atoms with E-state index >= 15 is 0 Å². The first-order chi connectivity index (χ1) is 9.42. The lowest BCUT2D eigenvalue weighted by atomic mass is 10.1. The molecule has 0 heterocycles. The van der Waals surface area contributed by atoms with E-state index in [2.05, 4.69) is 5.32 Å². The Morgan fingerprint density at radius 1 is 1.10 bits per heavy atom. The predicted octanol–water partition coefficient (Wildman–Crippen LogP) is 2.56. The van der Waals surface area contributed by atoms with Gasteiger partial charge in [0, 0.05) is 0 Å². The van der Waals surface area contributed by atoms with Gasteiger partial charge in [0.25, 0.3) is 0 Å². The van der Waals surface area contributed by atoms with Gasteiger partial charge >= 0.3 is 5.97 Å². The maximum atomic E-state index is 11.9. The van der Waals surface area contributed by atoms with Gasteiger partial charge in [0.1, 0.15) is 11.8 Å². The average Bonchev–Trinajstić information content (AvgIpc) is 2.36. The van der Waals surface area contributed by atoms with Crippen molar-refractivity contribution in [1.82, 2.24) is 5.32 Å². The van der Waals surface area contributed by atoms with Crippen LogP contribution < -0.4 is 10.1 Å². The molecule has 1 aromatic carbocycles. The van der Waals surface area contributed by atoms with Crippen molar-refractivity contribution in [3.63, 3.8) is 0 Å². The van der Waals surface area contributed by atoms with Crippen LogP contribution in [0.1, 0.15) is 33.3 Å². The van der Waals surface area contributed by atoms with Crippen molar-refractivity contribution in [2.45, 2.75) is 52.4 Å². The molecule has 1 N–H and O–H groups in total. The van der Waals surface area contributed by atoms with Gasteiger partial charge in [-0.2, -0.15) is 0 Å². The standard InChI is InChI=1S/C16H25NO3/c1-11(2)19-14-8-6-13(7-9-14)10-15(17-5)16(18)20-12(3)4/h6-9,11-12,15,17H,10H2,1-5H3. The fraction of sp³-hybridized carbons (Fsp3) is 0.562. The zero-order valence-electron chi connectivity index (χ0n) is 13.0. The third-order valence-corrected chi connectivity index (χ3v) is 2.72. The first-order valence-electron chi connectivity index (χ1n) is 7.05. The molecule has 0 aliphatic carbocycles. The third kappa shape index (κ3) is 5.61. The predicted molar refractivity (Wildman–Crippen MR) is 80.0 cm³/mol. The second kappa shape index (κ2) is 7.90. The molecule has 0 saturated heterocycles. The number of carbonyl (C=O) groups excluding carboxylic acids is 1. The number of benzene rings is 1. The van der Waals surface area contributed by atoms with Crippen molar-refractivity contribution >= 4 is 5.97 Å². The van der Waals surface area contributed by atoms with E-state index < -0.39 is 0 Å². The van der Waals surface area contributed by atoms with Crippen molar-refractivity contribution in [3.05, 3.63) is 29.8 Å². The van der Waals surface area contributed by atoms with Crippen LogP contribution in [0.15, 0.2) is 24.3 Å². The minimum Gasteiger partial charge on any atom is -0.491 e. The van der Waals surface area contributed by atoms with Crippen molar-refractivity contribution < 1.29 is 14.3 Å². The number of ether oxygens (including phenoxy) is 2. The maximum Gasteiger partial charge on any atom is 0.323 e. The molecule has 0 amide bonds. The summed E-state index contributed by atoms with van der Waals surface area (Å²) >= 11 is 0. The molecule has 0 radical (unpaired) electrons. The molecule has 1 aromatic rings. The first kappa shape index (κ1) is 16.5. The zero-order chi connectivity index (χ0) is 15.1. The van der Waals surface area contributed by atoms with E-state index in [1.54, 1.807) is 7.05 Å². The molecular weight excluding hydrogens is 254 g/mol. The van der Waals surface area contributed by atoms with Gasteiger partial charge in [0.05, 0.1) is 12.2 Å². The average molecular weight is 279 g/mol. The van der Waals surface area contributed by atoms with E-state index in [9.17, 15) is 4.79 Å². The maximum absolute atomic E-state index is 11.9. The van der Waals surface area contributed by atoms with Gasteiger partial charge in [-0.1, -0.05) is 12.1 Å². The topological polar surface area (TPSA) is 47.6 Å². The molecule has 0 aromatic heterocycles. The lowest BCUT2D eigenvalue weighted by molar-refractivity contribution is -0.149. The normalized spacial score (nSPS) is 12.6. The molecule has 112 valence electrons. The Morgan fingerprint density at radius 2 is 1.70 bits per heavy atom. The summed E-state index contributed by atoms with van der Waals surface area (Å²) in [6.45, 7) is 7.69. The number of carbonyl (C=O) groups is 1. The second-order valence-corrected chi connectivity index (χ2v) is 5.34. The molecule has 20 heavy (non-hydrogen) atoms. The summed E-state index contributed by atoms with van der Waals surface area (Å²) in [6.07, 6.45) is 0.663. The Bertz CT molecular complexity index is 412. The van der Waals surface area contributed by atoms with E-state index in [1.807, 2.05) is 52.0 Å². The number of nitrogens with one attached hydrogen (secondary N) is 1. The molecule has 0 saturated carbocycles. The third-order valence-electron chi connectivity index (χ3n) is 2.72. The fourth-order valence-electron chi connectivity index (χ4n) is 1.83. The highest BCUT2D eigenvalue weighted by Gasteiger charge is 2.19. The van der Waals surface area contributed by atoms with Gasteiger partial charge in [-0.05, 0) is 58.9 Å². The molecule has 0 bridgehead atoms. The van der Waals surface area contributed by atoms with Crippen LogP contribution in [0.25, 0.3) is 0 Å². The van der Waals surface area contributed by atoms with Crippen LogP contribution in [0.5, 0.6) is 5.75 Å². The van der Waals surface area contributed by atoms with Crippen LogP contribution in [0, 0.1) is 0 Å². The Labute approximate surface area is 121 Å². The van der Waals surface area contributed by atoms with E-state index in [0.29, 0.717) is 6.42 Å². The van der Waals surface area contributed by atoms with Crippen molar-refractivity contribution in [2.75, 3.05) is 7.05 Å². The molecule has 0 spiro atoms. The van der Waals surface area contributed by atoms with Gasteiger partial charge in [-0.3, -0.25) is 4.79 Å². The SMILES string of the molecule is CNC(Cc1ccc(OC(C)C)cc1)C(=O)OC(C)C. The van der Waals surface area contributed by atoms with Gasteiger partial charge in [-0.15, -0.1) is 0 Å². The lowest BCUT2D eigenvalue weighted by Crippen LogP contribution is -2.38. The number of rotatable bonds is 7. The highest BCUT2D eigenvalue weighted by molar-refractivity contribution is 5.76. The molecular formula is C16H25NO3. The highest BCUT2D eigenvalue weighted by atomic mass is 16.5. The lowest BCUT2D eigenvalue weighted by Gasteiger charge is -2.17. The molecule has 1 unspecified atom stereocenters. The van der Waals surface area contributed by atoms with Gasteiger partial charge in [0.2, 0.25) is 0 Å². The largest absolute Gasteiger partial charge is 0.491 e. The van der Waals surface area contributed by atoms with Crippen LogP contribution in [0.3, 0.4) is 0 Å². The van der Waals surface area contributed by atoms with Crippen LogP contribution in [-0.4, -0.2) is 31.3 Å². The summed E-state index contributed by atoms with van der Waals surface area (Å²) in [5.74, 6) is 0.625. The number of esters is 1. The minimum absolute atomic E-state index is 0.0971. The molecule has 1 rings (SSSR count). The summed E-state index contributed by atoms with van der Waals surface area (Å²) in [5, 5.41) is 3.00. The molecule has 4 heteroatoms. The van der Waals surface area contributed by atoms with Gasteiger partial charge in [0.15, 0.2) is 0 Å². The highest BCUT2D eigenvalue weighted by Crippen LogP contribution is 2.15. The van der Waals surface area contributed by atoms with Crippen molar-refractivity contribution in [1.29, 1.82) is 0 Å². The van der Waals surface area contributed by atoms with E-state index in [1.165, 1.54) is 0 Å². The summed E-state index contributed by atoms with van der Waals surface area (Å²) < 4.78 is 10.8. The van der Waals surface area contributed by atoms with E-state index in [0.717, 1.165) is 11.3 Å². The van der Waals surface area contributed by atoms with Crippen molar-refractivity contribution in [2.24, 2.45) is 0 Å². The Morgan fingerprint density at radius 3 is 2.15 bits per heavy atom. The second-order valence-electron chi connectivity index (χ2n) is 5.34. The van der Waals surface area contributed by atoms with Crippen LogP contribution in [0.2, 0.25) is 0 Å². The quantitative estimate of drug-likeness (QED) is 0.779. The molecule has 4 nitrogen and oxygen atoms in total. The summed E-state index contributed by atoms with van der Waals surface area (Å²) in [6, 6.07) is 7.48. The number of hydrogen-bond donors (Lipinski definition) is 1. The Hall–Kier alpha value is -1.55. The monoisotopic (exact) mass is 279 g/mol. The van der Waals surface area contributed by atoms with Gasteiger partial charge in [-0.25, -0.2) is 0 Å². The Balaban J connectivity index is 2.63. The minimum atomic E-state index is -0.325. The number of likely N-dealkylation sites (N-methyl/N-ethyl adjacent to an activating group) is 1. The summed E-state index contributed by atoms with van der Waals surface area (Å²) in [5.41, 5.74) is 1.07. The van der Waals surface area contributed by atoms with Crippen LogP contribution in [0.4, 0.5) is 0 Å². The first-order valence-corrected chi connectivity index (χ1v) is 7.05. The van der Waals surface area contributed by atoms with Crippen LogP contribution in [-0.2, 0) is 16.0 Å². The zero-order valence-corrected chi connectivity index (χ0v) is 13.0. The van der Waals surface area contributed by atoms with Crippen LogP contribution >= 0.6 is 0 Å². The summed E-state index contributed by atoms with van der Waals surface area (Å²) in [7, 11) is 1.77. The Kier molecular flexibility index (Phi) is 6.52. The molecule has 1 atom stereocenters.